The van der Waals surface area contributed by atoms with Crippen molar-refractivity contribution < 1.29 is 19.5 Å². The summed E-state index contributed by atoms with van der Waals surface area (Å²) in [5.41, 5.74) is 0.672. The zero-order valence-corrected chi connectivity index (χ0v) is 21.2. The molecule has 0 aromatic heterocycles. The summed E-state index contributed by atoms with van der Waals surface area (Å²) in [6, 6.07) is 12.5. The third-order valence-electron chi connectivity index (χ3n) is 7.90. The fraction of sp³-hybridized carbons (Fsp3) is 0.519. The van der Waals surface area contributed by atoms with E-state index in [1.54, 1.807) is 23.7 Å². The predicted octanol–water partition coefficient (Wildman–Crippen LogP) is 3.02. The molecule has 2 unspecified atom stereocenters. The zero-order chi connectivity index (χ0) is 24.9. The van der Waals surface area contributed by atoms with Crippen LogP contribution in [0.5, 0.6) is 0 Å². The van der Waals surface area contributed by atoms with Crippen LogP contribution in [0, 0.1) is 17.8 Å². The molecular weight excluding hydrogens is 462 g/mol. The molecule has 3 aliphatic heterocycles. The first kappa shape index (κ1) is 24.1. The van der Waals surface area contributed by atoms with Crippen molar-refractivity contribution in [3.05, 3.63) is 42.5 Å². The van der Waals surface area contributed by atoms with Crippen molar-refractivity contribution >= 4 is 45.9 Å². The van der Waals surface area contributed by atoms with Gasteiger partial charge in [-0.25, -0.2) is 0 Å². The van der Waals surface area contributed by atoms with E-state index < -0.39 is 28.7 Å². The number of likely N-dealkylation sites (tertiary alicyclic amines) is 1. The number of nitrogens with zero attached hydrogens (tertiary/aromatic N) is 1. The number of aliphatic hydroxyl groups excluding tert-OH is 1. The number of amides is 3. The molecule has 3 heterocycles. The molecule has 5 rings (SSSR count). The lowest BCUT2D eigenvalue weighted by atomic mass is 9.70. The molecule has 0 saturated carbocycles. The van der Waals surface area contributed by atoms with Gasteiger partial charge in [0.25, 0.3) is 0 Å². The maximum Gasteiger partial charge on any atom is 0.248 e. The minimum Gasteiger partial charge on any atom is -0.394 e. The van der Waals surface area contributed by atoms with Gasteiger partial charge in [-0.2, -0.15) is 0 Å². The Balaban J connectivity index is 1.54. The fourth-order valence-corrected chi connectivity index (χ4v) is 8.75. The van der Waals surface area contributed by atoms with Gasteiger partial charge >= 0.3 is 0 Å². The molecule has 3 fully saturated rings. The number of thioether (sulfide) groups is 1. The zero-order valence-electron chi connectivity index (χ0n) is 20.4. The summed E-state index contributed by atoms with van der Waals surface area (Å²) in [5.74, 6) is -1.33. The quantitative estimate of drug-likeness (QED) is 0.549. The second kappa shape index (κ2) is 9.13. The van der Waals surface area contributed by atoms with Crippen LogP contribution in [0.15, 0.2) is 42.5 Å². The third-order valence-corrected chi connectivity index (χ3v) is 9.85. The van der Waals surface area contributed by atoms with Crippen LogP contribution >= 0.6 is 11.8 Å². The highest BCUT2D eigenvalue weighted by Gasteiger charge is 2.74. The average molecular weight is 496 g/mol. The number of benzene rings is 2. The van der Waals surface area contributed by atoms with E-state index in [0.717, 1.165) is 17.2 Å². The summed E-state index contributed by atoms with van der Waals surface area (Å²) in [5, 5.41) is 18.2. The number of aliphatic hydroxyl groups is 1. The molecule has 35 heavy (non-hydrogen) atoms. The second-order valence-electron chi connectivity index (χ2n) is 10.4. The molecule has 1 spiro atoms. The number of hydrogen-bond donors (Lipinski definition) is 3. The molecule has 0 radical (unpaired) electrons. The van der Waals surface area contributed by atoms with Gasteiger partial charge in [-0.05, 0) is 48.1 Å². The highest BCUT2D eigenvalue weighted by Crippen LogP contribution is 2.66. The Morgan fingerprint density at radius 2 is 1.91 bits per heavy atom. The molecule has 0 aliphatic carbocycles. The minimum absolute atomic E-state index is 0.0275. The van der Waals surface area contributed by atoms with Gasteiger partial charge in [0.05, 0.1) is 29.2 Å². The van der Waals surface area contributed by atoms with Gasteiger partial charge < -0.3 is 20.6 Å². The number of carbonyl (C=O) groups excluding carboxylic acids is 3. The van der Waals surface area contributed by atoms with Gasteiger partial charge in [-0.3, -0.25) is 14.4 Å². The predicted molar refractivity (Wildman–Crippen MR) is 138 cm³/mol. The van der Waals surface area contributed by atoms with Crippen molar-refractivity contribution in [3.8, 4) is 0 Å². The third kappa shape index (κ3) is 3.82. The standard InChI is InChI=1S/C27H33N3O4S/c1-15(2)12-19(14-31)30-23(25(33)29-18-9-8-16-6-4-5-7-17(16)13-18)27-11-10-20(35-27)21(24(32)28-3)22(27)26(30)34/h4-9,13,15,19-23,31H,10-12,14H2,1-3H3,(H,28,32)(H,29,33)/t19-,20+,21-,22+,23?,27?/m1/s1. The largest absolute Gasteiger partial charge is 0.394 e. The van der Waals surface area contributed by atoms with E-state index in [1.165, 1.54) is 0 Å². The molecule has 8 heteroatoms. The first-order valence-electron chi connectivity index (χ1n) is 12.4. The first-order valence-corrected chi connectivity index (χ1v) is 13.3. The Labute approximate surface area is 210 Å². The lowest BCUT2D eigenvalue weighted by molar-refractivity contribution is -0.142. The van der Waals surface area contributed by atoms with Crippen molar-refractivity contribution in [3.63, 3.8) is 0 Å². The van der Waals surface area contributed by atoms with Gasteiger partial charge in [0.15, 0.2) is 0 Å². The number of rotatable bonds is 7. The first-order chi connectivity index (χ1) is 16.8. The molecule has 6 atom stereocenters. The van der Waals surface area contributed by atoms with Gasteiger partial charge in [-0.15, -0.1) is 11.8 Å². The second-order valence-corrected chi connectivity index (χ2v) is 12.0. The van der Waals surface area contributed by atoms with Crippen molar-refractivity contribution in [1.82, 2.24) is 10.2 Å². The molecule has 2 bridgehead atoms. The van der Waals surface area contributed by atoms with Gasteiger partial charge in [0.1, 0.15) is 6.04 Å². The SMILES string of the molecule is CNC(=O)[C@@H]1[C@@H]2CCC3(S2)C(C(=O)Nc2ccc4ccccc4c2)N([C@@H](CO)CC(C)C)C(=O)[C@H]13. The molecule has 7 nitrogen and oxygen atoms in total. The minimum atomic E-state index is -0.743. The van der Waals surface area contributed by atoms with Gasteiger partial charge in [-0.1, -0.05) is 44.2 Å². The Kier molecular flexibility index (Phi) is 6.30. The summed E-state index contributed by atoms with van der Waals surface area (Å²) >= 11 is 1.64. The smallest absolute Gasteiger partial charge is 0.248 e. The van der Waals surface area contributed by atoms with E-state index in [1.807, 2.05) is 56.3 Å². The van der Waals surface area contributed by atoms with Crippen LogP contribution in [0.2, 0.25) is 0 Å². The fourth-order valence-electron chi connectivity index (χ4n) is 6.55. The van der Waals surface area contributed by atoms with E-state index in [4.69, 9.17) is 0 Å². The normalized spacial score (nSPS) is 30.1. The van der Waals surface area contributed by atoms with Crippen molar-refractivity contribution in [2.45, 2.75) is 55.2 Å². The van der Waals surface area contributed by atoms with Crippen molar-refractivity contribution in [1.29, 1.82) is 0 Å². The lowest BCUT2D eigenvalue weighted by Crippen LogP contribution is -2.55. The molecule has 2 aromatic carbocycles. The van der Waals surface area contributed by atoms with E-state index in [-0.39, 0.29) is 35.5 Å². The summed E-state index contributed by atoms with van der Waals surface area (Å²) < 4.78 is -0.662. The highest BCUT2D eigenvalue weighted by molar-refractivity contribution is 8.02. The lowest BCUT2D eigenvalue weighted by Gasteiger charge is -2.37. The van der Waals surface area contributed by atoms with Crippen LogP contribution < -0.4 is 10.6 Å². The van der Waals surface area contributed by atoms with E-state index >= 15 is 0 Å². The molecule has 3 saturated heterocycles. The Bertz CT molecular complexity index is 1170. The summed E-state index contributed by atoms with van der Waals surface area (Å²) in [7, 11) is 1.60. The molecule has 2 aromatic rings. The number of hydrogen-bond acceptors (Lipinski definition) is 5. The molecule has 186 valence electrons. The van der Waals surface area contributed by atoms with E-state index in [0.29, 0.717) is 18.5 Å². The Morgan fingerprint density at radius 1 is 1.17 bits per heavy atom. The summed E-state index contributed by atoms with van der Waals surface area (Å²) in [4.78, 5) is 42.4. The Hall–Kier alpha value is -2.58. The Morgan fingerprint density at radius 3 is 2.60 bits per heavy atom. The number of nitrogens with one attached hydrogen (secondary N) is 2. The summed E-state index contributed by atoms with van der Waals surface area (Å²) in [6.07, 6.45) is 2.09. The van der Waals surface area contributed by atoms with Gasteiger partial charge in [0, 0.05) is 18.0 Å². The van der Waals surface area contributed by atoms with Crippen molar-refractivity contribution in [2.75, 3.05) is 19.0 Å². The van der Waals surface area contributed by atoms with Crippen LogP contribution in [-0.4, -0.2) is 63.5 Å². The maximum atomic E-state index is 14.0. The van der Waals surface area contributed by atoms with Crippen LogP contribution in [0.4, 0.5) is 5.69 Å². The van der Waals surface area contributed by atoms with Crippen molar-refractivity contribution in [2.24, 2.45) is 17.8 Å². The average Bonchev–Trinajstić information content (AvgIpc) is 3.49. The molecular formula is C27H33N3O4S. The highest BCUT2D eigenvalue weighted by atomic mass is 32.2. The monoisotopic (exact) mass is 495 g/mol. The number of anilines is 1. The van der Waals surface area contributed by atoms with Crippen LogP contribution in [-0.2, 0) is 14.4 Å². The van der Waals surface area contributed by atoms with E-state index in [9.17, 15) is 19.5 Å². The number of carbonyl (C=O) groups is 3. The summed E-state index contributed by atoms with van der Waals surface area (Å²) in [6.45, 7) is 3.87. The molecule has 3 aliphatic rings. The molecule has 3 N–H and O–H groups in total. The molecule has 3 amide bonds. The topological polar surface area (TPSA) is 98.7 Å². The van der Waals surface area contributed by atoms with Crippen LogP contribution in [0.1, 0.15) is 33.1 Å². The maximum absolute atomic E-state index is 14.0. The number of fused-ring (bicyclic) bond motifs is 2. The van der Waals surface area contributed by atoms with Crippen LogP contribution in [0.3, 0.4) is 0 Å². The van der Waals surface area contributed by atoms with E-state index in [2.05, 4.69) is 10.6 Å². The van der Waals surface area contributed by atoms with Gasteiger partial charge in [0.2, 0.25) is 17.7 Å². The van der Waals surface area contributed by atoms with Crippen LogP contribution in [0.25, 0.3) is 10.8 Å².